The summed E-state index contributed by atoms with van der Waals surface area (Å²) in [5.41, 5.74) is 0.200. The standard InChI is InChI=1S/C13H11BrClFN2O3S2/c14-7-1-2-9(8(16)3-7)18-10-5-23(20,21)6-11(10)22-13(18)17-12(19)4-15/h1-3,10-11H,4-6H2. The Kier molecular flexibility index (Phi) is 4.74. The Morgan fingerprint density at radius 2 is 2.22 bits per heavy atom. The normalized spacial score (nSPS) is 27.4. The van der Waals surface area contributed by atoms with E-state index in [-0.39, 0.29) is 28.3 Å². The van der Waals surface area contributed by atoms with E-state index in [9.17, 15) is 17.6 Å². The molecule has 3 rings (SSSR count). The van der Waals surface area contributed by atoms with Crippen LogP contribution in [0.2, 0.25) is 0 Å². The van der Waals surface area contributed by atoms with E-state index in [1.807, 2.05) is 0 Å². The van der Waals surface area contributed by atoms with E-state index in [2.05, 4.69) is 20.9 Å². The van der Waals surface area contributed by atoms with Gasteiger partial charge in [-0.05, 0) is 18.2 Å². The number of hydrogen-bond donors (Lipinski definition) is 0. The summed E-state index contributed by atoms with van der Waals surface area (Å²) in [6.45, 7) is 0. The van der Waals surface area contributed by atoms with Crippen LogP contribution in [-0.2, 0) is 14.6 Å². The molecule has 2 unspecified atom stereocenters. The molecule has 124 valence electrons. The topological polar surface area (TPSA) is 66.8 Å². The summed E-state index contributed by atoms with van der Waals surface area (Å²) in [4.78, 5) is 17.0. The maximum absolute atomic E-state index is 14.3. The van der Waals surface area contributed by atoms with Crippen LogP contribution in [0, 0.1) is 5.82 Å². The van der Waals surface area contributed by atoms with Crippen LogP contribution in [-0.4, -0.2) is 48.2 Å². The van der Waals surface area contributed by atoms with Crippen molar-refractivity contribution in [2.75, 3.05) is 22.3 Å². The van der Waals surface area contributed by atoms with Crippen LogP contribution in [0.25, 0.3) is 0 Å². The van der Waals surface area contributed by atoms with Gasteiger partial charge in [0.25, 0.3) is 5.91 Å². The summed E-state index contributed by atoms with van der Waals surface area (Å²) in [5.74, 6) is -1.44. The monoisotopic (exact) mass is 440 g/mol. The minimum absolute atomic E-state index is 0.00886. The number of benzene rings is 1. The second kappa shape index (κ2) is 6.34. The Bertz CT molecular complexity index is 802. The van der Waals surface area contributed by atoms with Crippen molar-refractivity contribution < 1.29 is 17.6 Å². The molecule has 5 nitrogen and oxygen atoms in total. The van der Waals surface area contributed by atoms with Crippen LogP contribution in [0.1, 0.15) is 0 Å². The minimum atomic E-state index is -3.19. The summed E-state index contributed by atoms with van der Waals surface area (Å²) in [6, 6.07) is 4.04. The number of nitrogens with zero attached hydrogens (tertiary/aromatic N) is 2. The van der Waals surface area contributed by atoms with Crippen LogP contribution in [0.5, 0.6) is 0 Å². The van der Waals surface area contributed by atoms with E-state index in [1.54, 1.807) is 6.07 Å². The molecule has 0 aromatic heterocycles. The van der Waals surface area contributed by atoms with Crippen molar-refractivity contribution in [3.63, 3.8) is 0 Å². The smallest absolute Gasteiger partial charge is 0.262 e. The Labute approximate surface area is 150 Å². The van der Waals surface area contributed by atoms with Crippen molar-refractivity contribution in [1.82, 2.24) is 0 Å². The number of amides is 1. The lowest BCUT2D eigenvalue weighted by Crippen LogP contribution is -2.38. The predicted molar refractivity (Wildman–Crippen MR) is 93.6 cm³/mol. The van der Waals surface area contributed by atoms with Crippen molar-refractivity contribution in [1.29, 1.82) is 0 Å². The second-order valence-corrected chi connectivity index (χ2v) is 9.73. The van der Waals surface area contributed by atoms with E-state index in [0.29, 0.717) is 9.64 Å². The first kappa shape index (κ1) is 17.2. The van der Waals surface area contributed by atoms with Crippen molar-refractivity contribution in [3.05, 3.63) is 28.5 Å². The van der Waals surface area contributed by atoms with E-state index < -0.39 is 27.6 Å². The van der Waals surface area contributed by atoms with Crippen LogP contribution >= 0.6 is 39.3 Å². The first-order valence-electron chi connectivity index (χ1n) is 6.59. The number of thioether (sulfide) groups is 1. The molecular weight excluding hydrogens is 431 g/mol. The minimum Gasteiger partial charge on any atom is -0.313 e. The first-order valence-corrected chi connectivity index (χ1v) is 10.6. The Hall–Kier alpha value is -0.640. The number of hydrogen-bond acceptors (Lipinski definition) is 4. The van der Waals surface area contributed by atoms with Crippen molar-refractivity contribution >= 4 is 65.9 Å². The fourth-order valence-corrected chi connectivity index (χ4v) is 6.98. The number of sulfone groups is 1. The lowest BCUT2D eigenvalue weighted by Gasteiger charge is -2.25. The lowest BCUT2D eigenvalue weighted by atomic mass is 10.2. The van der Waals surface area contributed by atoms with E-state index >= 15 is 0 Å². The van der Waals surface area contributed by atoms with Gasteiger partial charge in [-0.25, -0.2) is 12.8 Å². The molecule has 2 aliphatic heterocycles. The summed E-state index contributed by atoms with van der Waals surface area (Å²) in [7, 11) is -3.19. The molecule has 1 amide bonds. The van der Waals surface area contributed by atoms with Crippen LogP contribution < -0.4 is 4.90 Å². The van der Waals surface area contributed by atoms with Gasteiger partial charge >= 0.3 is 0 Å². The zero-order valence-corrected chi connectivity index (χ0v) is 15.6. The van der Waals surface area contributed by atoms with E-state index in [1.165, 1.54) is 28.8 Å². The number of alkyl halides is 1. The number of amidine groups is 1. The predicted octanol–water partition coefficient (Wildman–Crippen LogP) is 2.43. The van der Waals surface area contributed by atoms with Crippen LogP contribution in [0.4, 0.5) is 10.1 Å². The van der Waals surface area contributed by atoms with Gasteiger partial charge in [-0.15, -0.1) is 11.6 Å². The highest BCUT2D eigenvalue weighted by Crippen LogP contribution is 2.42. The molecule has 0 spiro atoms. The highest BCUT2D eigenvalue weighted by atomic mass is 79.9. The quantitative estimate of drug-likeness (QED) is 0.660. The molecule has 1 aromatic rings. The second-order valence-electron chi connectivity index (χ2n) is 5.19. The summed E-state index contributed by atoms with van der Waals surface area (Å²) in [6.07, 6.45) is 0. The maximum Gasteiger partial charge on any atom is 0.262 e. The molecule has 2 saturated heterocycles. The Balaban J connectivity index is 2.06. The zero-order chi connectivity index (χ0) is 16.8. The average Bonchev–Trinajstić information content (AvgIpc) is 2.91. The number of fused-ring (bicyclic) bond motifs is 1. The van der Waals surface area contributed by atoms with E-state index in [0.717, 1.165) is 0 Å². The fraction of sp³-hybridized carbons (Fsp3) is 0.385. The van der Waals surface area contributed by atoms with Crippen molar-refractivity contribution in [3.8, 4) is 0 Å². The molecule has 2 aliphatic rings. The van der Waals surface area contributed by atoms with Gasteiger partial charge in [0.1, 0.15) is 11.7 Å². The number of carbonyl (C=O) groups is 1. The summed E-state index contributed by atoms with van der Waals surface area (Å²) >= 11 is 9.85. The van der Waals surface area contributed by atoms with Gasteiger partial charge in [0.2, 0.25) is 0 Å². The molecule has 0 N–H and O–H groups in total. The third kappa shape index (κ3) is 3.42. The SMILES string of the molecule is O=C(CCl)N=C1SC2CS(=O)(=O)CC2N1c1ccc(Br)cc1F. The summed E-state index contributed by atoms with van der Waals surface area (Å²) < 4.78 is 38.7. The maximum atomic E-state index is 14.3. The average molecular weight is 442 g/mol. The molecule has 2 atom stereocenters. The van der Waals surface area contributed by atoms with E-state index in [4.69, 9.17) is 11.6 Å². The molecule has 23 heavy (non-hydrogen) atoms. The molecule has 2 fully saturated rings. The Morgan fingerprint density at radius 3 is 2.87 bits per heavy atom. The van der Waals surface area contributed by atoms with Gasteiger partial charge < -0.3 is 4.90 Å². The van der Waals surface area contributed by atoms with Crippen LogP contribution in [0.15, 0.2) is 27.7 Å². The third-order valence-corrected chi connectivity index (χ3v) is 7.50. The molecule has 0 aliphatic carbocycles. The number of carbonyl (C=O) groups excluding carboxylic acids is 1. The lowest BCUT2D eigenvalue weighted by molar-refractivity contribution is -0.115. The molecule has 0 saturated carbocycles. The number of aliphatic imine (C=N–C) groups is 1. The first-order chi connectivity index (χ1) is 10.8. The number of rotatable bonds is 2. The highest BCUT2D eigenvalue weighted by Gasteiger charge is 2.49. The molecular formula is C13H11BrClFN2O3S2. The van der Waals surface area contributed by atoms with Crippen LogP contribution in [0.3, 0.4) is 0 Å². The summed E-state index contributed by atoms with van der Waals surface area (Å²) in [5, 5.41) is 0.0201. The molecule has 0 radical (unpaired) electrons. The van der Waals surface area contributed by atoms with Gasteiger partial charge in [0.05, 0.1) is 23.2 Å². The van der Waals surface area contributed by atoms with Gasteiger partial charge in [-0.3, -0.25) is 4.79 Å². The Morgan fingerprint density at radius 1 is 1.48 bits per heavy atom. The molecule has 1 aromatic carbocycles. The van der Waals surface area contributed by atoms with Gasteiger partial charge in [-0.1, -0.05) is 27.7 Å². The number of anilines is 1. The molecule has 10 heteroatoms. The van der Waals surface area contributed by atoms with Gasteiger partial charge in [0, 0.05) is 9.72 Å². The number of halogens is 3. The van der Waals surface area contributed by atoms with Crippen molar-refractivity contribution in [2.45, 2.75) is 11.3 Å². The zero-order valence-electron chi connectivity index (χ0n) is 11.6. The molecule has 2 heterocycles. The van der Waals surface area contributed by atoms with Gasteiger partial charge in [-0.2, -0.15) is 4.99 Å². The highest BCUT2D eigenvalue weighted by molar-refractivity contribution is 9.10. The fourth-order valence-electron chi connectivity index (χ4n) is 2.66. The third-order valence-electron chi connectivity index (χ3n) is 3.57. The largest absolute Gasteiger partial charge is 0.313 e. The van der Waals surface area contributed by atoms with Crippen molar-refractivity contribution in [2.24, 2.45) is 4.99 Å². The van der Waals surface area contributed by atoms with Gasteiger partial charge in [0.15, 0.2) is 15.0 Å². The molecule has 0 bridgehead atoms.